The highest BCUT2D eigenvalue weighted by molar-refractivity contribution is 7.13. The van der Waals surface area contributed by atoms with Gasteiger partial charge in [0.25, 0.3) is 5.91 Å². The average molecular weight is 472 g/mol. The molecular weight excluding hydrogens is 446 g/mol. The number of aromatic nitrogens is 3. The van der Waals surface area contributed by atoms with Crippen LogP contribution in [0.3, 0.4) is 0 Å². The molecule has 3 heterocycles. The minimum Gasteiger partial charge on any atom is -0.493 e. The van der Waals surface area contributed by atoms with Crippen LogP contribution in [0.15, 0.2) is 66.2 Å². The highest BCUT2D eigenvalue weighted by Crippen LogP contribution is 2.32. The van der Waals surface area contributed by atoms with Crippen molar-refractivity contribution in [2.45, 2.75) is 26.3 Å². The van der Waals surface area contributed by atoms with Crippen molar-refractivity contribution in [3.8, 4) is 16.3 Å². The van der Waals surface area contributed by atoms with E-state index in [1.165, 1.54) is 16.9 Å². The first-order chi connectivity index (χ1) is 16.6. The fourth-order valence-electron chi connectivity index (χ4n) is 3.96. The van der Waals surface area contributed by atoms with Crippen LogP contribution in [0.2, 0.25) is 0 Å². The summed E-state index contributed by atoms with van der Waals surface area (Å²) in [6, 6.07) is 17.9. The SMILES string of the molecule is CCN(C(=O)c1csc(-c2ccc3c(c2)CCO3)n1)c1ccnc(N[C@@H](C)c2ccccc2)n1. The zero-order valence-electron chi connectivity index (χ0n) is 19.1. The Labute approximate surface area is 202 Å². The number of rotatable bonds is 7. The number of ether oxygens (including phenoxy) is 1. The summed E-state index contributed by atoms with van der Waals surface area (Å²) in [6.07, 6.45) is 2.56. The van der Waals surface area contributed by atoms with Crippen LogP contribution in [0.5, 0.6) is 5.75 Å². The molecule has 34 heavy (non-hydrogen) atoms. The van der Waals surface area contributed by atoms with Crippen LogP contribution in [0.25, 0.3) is 10.6 Å². The van der Waals surface area contributed by atoms with Gasteiger partial charge in [0.1, 0.15) is 22.3 Å². The number of thiazole rings is 1. The maximum absolute atomic E-state index is 13.3. The summed E-state index contributed by atoms with van der Waals surface area (Å²) in [5.41, 5.74) is 3.72. The summed E-state index contributed by atoms with van der Waals surface area (Å²) in [5, 5.41) is 5.94. The Morgan fingerprint density at radius 3 is 2.85 bits per heavy atom. The smallest absolute Gasteiger partial charge is 0.278 e. The van der Waals surface area contributed by atoms with Crippen LogP contribution < -0.4 is 15.0 Å². The summed E-state index contributed by atoms with van der Waals surface area (Å²) in [5.74, 6) is 1.76. The van der Waals surface area contributed by atoms with E-state index in [4.69, 9.17) is 4.74 Å². The van der Waals surface area contributed by atoms with Crippen molar-refractivity contribution in [2.75, 3.05) is 23.4 Å². The molecule has 2 aromatic heterocycles. The van der Waals surface area contributed by atoms with Gasteiger partial charge in [0, 0.05) is 30.1 Å². The van der Waals surface area contributed by atoms with Gasteiger partial charge in [-0.05, 0) is 49.2 Å². The number of carbonyl (C=O) groups is 1. The van der Waals surface area contributed by atoms with Gasteiger partial charge in [-0.25, -0.2) is 9.97 Å². The predicted molar refractivity (Wildman–Crippen MR) is 135 cm³/mol. The number of benzene rings is 2. The van der Waals surface area contributed by atoms with E-state index in [-0.39, 0.29) is 11.9 Å². The van der Waals surface area contributed by atoms with Gasteiger partial charge in [0.2, 0.25) is 5.95 Å². The molecule has 0 radical (unpaired) electrons. The van der Waals surface area contributed by atoms with Gasteiger partial charge in [-0.1, -0.05) is 30.3 Å². The molecule has 8 heteroatoms. The Kier molecular flexibility index (Phi) is 6.22. The third-order valence-electron chi connectivity index (χ3n) is 5.78. The highest BCUT2D eigenvalue weighted by atomic mass is 32.1. The Morgan fingerprint density at radius 1 is 1.18 bits per heavy atom. The van der Waals surface area contributed by atoms with Crippen molar-refractivity contribution < 1.29 is 9.53 Å². The van der Waals surface area contributed by atoms with Gasteiger partial charge in [-0.15, -0.1) is 11.3 Å². The number of amides is 1. The fourth-order valence-corrected chi connectivity index (χ4v) is 4.75. The van der Waals surface area contributed by atoms with Crippen molar-refractivity contribution in [2.24, 2.45) is 0 Å². The normalized spacial score (nSPS) is 13.1. The molecule has 1 N–H and O–H groups in total. The third-order valence-corrected chi connectivity index (χ3v) is 6.68. The lowest BCUT2D eigenvalue weighted by Crippen LogP contribution is -2.32. The van der Waals surface area contributed by atoms with Crippen LogP contribution in [0, 0.1) is 0 Å². The Balaban J connectivity index is 1.34. The molecule has 0 unspecified atom stereocenters. The average Bonchev–Trinajstić information content (AvgIpc) is 3.55. The van der Waals surface area contributed by atoms with Gasteiger partial charge >= 0.3 is 0 Å². The molecule has 172 valence electrons. The fraction of sp³-hybridized carbons (Fsp3) is 0.231. The van der Waals surface area contributed by atoms with Crippen LogP contribution in [-0.2, 0) is 6.42 Å². The number of hydrogen-bond acceptors (Lipinski definition) is 7. The molecule has 7 nitrogen and oxygen atoms in total. The second-order valence-electron chi connectivity index (χ2n) is 8.02. The van der Waals surface area contributed by atoms with Crippen molar-refractivity contribution >= 4 is 29.0 Å². The van der Waals surface area contributed by atoms with Crippen molar-refractivity contribution in [1.29, 1.82) is 0 Å². The van der Waals surface area contributed by atoms with Gasteiger partial charge < -0.3 is 10.1 Å². The van der Waals surface area contributed by atoms with Crippen molar-refractivity contribution in [3.05, 3.63) is 83.0 Å². The second-order valence-corrected chi connectivity index (χ2v) is 8.88. The molecule has 1 aliphatic heterocycles. The minimum absolute atomic E-state index is 0.0287. The monoisotopic (exact) mass is 471 g/mol. The lowest BCUT2D eigenvalue weighted by molar-refractivity contribution is 0.0983. The summed E-state index contributed by atoms with van der Waals surface area (Å²) in [6.45, 7) is 5.15. The Morgan fingerprint density at radius 2 is 2.03 bits per heavy atom. The molecule has 4 aromatic rings. The first-order valence-corrected chi connectivity index (χ1v) is 12.2. The molecular formula is C26H25N5O2S. The molecule has 5 rings (SSSR count). The lowest BCUT2D eigenvalue weighted by Gasteiger charge is -2.20. The van der Waals surface area contributed by atoms with Gasteiger partial charge in [0.15, 0.2) is 0 Å². The second kappa shape index (κ2) is 9.61. The minimum atomic E-state index is -0.185. The van der Waals surface area contributed by atoms with E-state index in [1.807, 2.05) is 42.6 Å². The molecule has 1 atom stereocenters. The molecule has 0 saturated carbocycles. The standard InChI is InChI=1S/C26H25N5O2S/c1-3-31(23-11-13-27-26(30-23)28-17(2)18-7-5-4-6-8-18)25(32)21-16-34-24(29-21)20-9-10-22-19(15-20)12-14-33-22/h4-11,13,15-17H,3,12,14H2,1-2H3,(H,27,28,30)/t17-/m0/s1. The van der Waals surface area contributed by atoms with E-state index in [9.17, 15) is 4.79 Å². The van der Waals surface area contributed by atoms with E-state index >= 15 is 0 Å². The Bertz CT molecular complexity index is 1310. The molecule has 0 spiro atoms. The largest absolute Gasteiger partial charge is 0.493 e. The van der Waals surface area contributed by atoms with Crippen LogP contribution >= 0.6 is 11.3 Å². The van der Waals surface area contributed by atoms with E-state index in [2.05, 4.69) is 45.4 Å². The summed E-state index contributed by atoms with van der Waals surface area (Å²) in [4.78, 5) is 28.5. The van der Waals surface area contributed by atoms with Crippen molar-refractivity contribution in [1.82, 2.24) is 15.0 Å². The number of nitrogens with one attached hydrogen (secondary N) is 1. The van der Waals surface area contributed by atoms with E-state index < -0.39 is 0 Å². The molecule has 2 aromatic carbocycles. The molecule has 0 fully saturated rings. The van der Waals surface area contributed by atoms with E-state index in [1.54, 1.807) is 17.2 Å². The van der Waals surface area contributed by atoms with Crippen LogP contribution in [0.1, 0.15) is 41.5 Å². The molecule has 0 bridgehead atoms. The van der Waals surface area contributed by atoms with Crippen LogP contribution in [-0.4, -0.2) is 34.0 Å². The molecule has 0 saturated heterocycles. The van der Waals surface area contributed by atoms with E-state index in [0.717, 1.165) is 28.3 Å². The molecule has 0 aliphatic carbocycles. The predicted octanol–water partition coefficient (Wildman–Crippen LogP) is 5.37. The van der Waals surface area contributed by atoms with Gasteiger partial charge in [-0.3, -0.25) is 9.69 Å². The third kappa shape index (κ3) is 4.49. The van der Waals surface area contributed by atoms with E-state index in [0.29, 0.717) is 30.6 Å². The Hall–Kier alpha value is -3.78. The van der Waals surface area contributed by atoms with Gasteiger partial charge in [-0.2, -0.15) is 4.98 Å². The first-order valence-electron chi connectivity index (χ1n) is 11.3. The number of nitrogens with zero attached hydrogens (tertiary/aromatic N) is 4. The summed E-state index contributed by atoms with van der Waals surface area (Å²) in [7, 11) is 0. The zero-order valence-corrected chi connectivity index (χ0v) is 19.9. The number of carbonyl (C=O) groups excluding carboxylic acids is 1. The molecule has 1 amide bonds. The number of anilines is 2. The number of hydrogen-bond donors (Lipinski definition) is 1. The van der Waals surface area contributed by atoms with Crippen LogP contribution in [0.4, 0.5) is 11.8 Å². The molecule has 1 aliphatic rings. The summed E-state index contributed by atoms with van der Waals surface area (Å²) < 4.78 is 5.59. The maximum atomic E-state index is 13.3. The number of fused-ring (bicyclic) bond motifs is 1. The first kappa shape index (κ1) is 22.0. The highest BCUT2D eigenvalue weighted by Gasteiger charge is 2.22. The quantitative estimate of drug-likeness (QED) is 0.390. The topological polar surface area (TPSA) is 80.2 Å². The maximum Gasteiger partial charge on any atom is 0.278 e. The van der Waals surface area contributed by atoms with Gasteiger partial charge in [0.05, 0.1) is 12.6 Å². The van der Waals surface area contributed by atoms with Crippen molar-refractivity contribution in [3.63, 3.8) is 0 Å². The zero-order chi connectivity index (χ0) is 23.5. The lowest BCUT2D eigenvalue weighted by atomic mass is 10.1. The summed E-state index contributed by atoms with van der Waals surface area (Å²) >= 11 is 1.46.